The molecule has 10 heteroatoms. The average Bonchev–Trinajstić information content (AvgIpc) is 3.22. The number of carbonyl (C=O) groups is 1. The van der Waals surface area contributed by atoms with Crippen LogP contribution in [0.5, 0.6) is 0 Å². The number of nitrogens with zero attached hydrogens (tertiary/aromatic N) is 3. The van der Waals surface area contributed by atoms with Gasteiger partial charge < -0.3 is 9.84 Å². The molecule has 3 aromatic rings. The van der Waals surface area contributed by atoms with Gasteiger partial charge >= 0.3 is 0 Å². The van der Waals surface area contributed by atoms with Gasteiger partial charge in [0.15, 0.2) is 5.69 Å². The van der Waals surface area contributed by atoms with Crippen LogP contribution in [0.1, 0.15) is 40.7 Å². The maximum absolute atomic E-state index is 12.7. The summed E-state index contributed by atoms with van der Waals surface area (Å²) in [7, 11) is -2.12. The standard InChI is InChI=1S/C20H23N5O4S/c1-25-13-17(11-21-25)30(27,28)22-12-19(15-5-3-2-4-6-15)23-20(26)18-10-16(29-24-18)9-14-7-8-14/h2-6,10-11,13-14,19,22H,7-9,12H2,1H3,(H,23,26). The van der Waals surface area contributed by atoms with Gasteiger partial charge in [-0.05, 0) is 24.3 Å². The molecule has 0 spiro atoms. The number of aryl methyl sites for hydroxylation is 1. The molecule has 30 heavy (non-hydrogen) atoms. The number of carbonyl (C=O) groups excluding carboxylic acids is 1. The second-order valence-electron chi connectivity index (χ2n) is 7.46. The molecule has 0 aliphatic heterocycles. The van der Waals surface area contributed by atoms with Crippen molar-refractivity contribution in [2.45, 2.75) is 30.2 Å². The van der Waals surface area contributed by atoms with Crippen molar-refractivity contribution >= 4 is 15.9 Å². The summed E-state index contributed by atoms with van der Waals surface area (Å²) in [5.74, 6) is 0.888. The van der Waals surface area contributed by atoms with Crippen molar-refractivity contribution in [2.75, 3.05) is 6.54 Å². The van der Waals surface area contributed by atoms with Crippen LogP contribution in [0.2, 0.25) is 0 Å². The molecule has 1 aromatic carbocycles. The monoisotopic (exact) mass is 429 g/mol. The molecule has 4 rings (SSSR count). The third-order valence-corrected chi connectivity index (χ3v) is 6.33. The predicted octanol–water partition coefficient (Wildman–Crippen LogP) is 1.81. The lowest BCUT2D eigenvalue weighted by molar-refractivity contribution is 0.0927. The minimum absolute atomic E-state index is 0.0280. The Labute approximate surface area is 174 Å². The number of amides is 1. The van der Waals surface area contributed by atoms with E-state index in [0.29, 0.717) is 11.7 Å². The molecule has 1 saturated carbocycles. The molecule has 2 N–H and O–H groups in total. The molecule has 1 aliphatic carbocycles. The lowest BCUT2D eigenvalue weighted by Crippen LogP contribution is -2.38. The normalized spacial score (nSPS) is 15.1. The van der Waals surface area contributed by atoms with Crippen LogP contribution in [0.15, 0.2) is 58.2 Å². The van der Waals surface area contributed by atoms with E-state index >= 15 is 0 Å². The Balaban J connectivity index is 1.47. The van der Waals surface area contributed by atoms with Gasteiger partial charge in [0, 0.05) is 32.3 Å². The Morgan fingerprint density at radius 3 is 2.73 bits per heavy atom. The van der Waals surface area contributed by atoms with Crippen molar-refractivity contribution in [1.29, 1.82) is 0 Å². The van der Waals surface area contributed by atoms with Gasteiger partial charge in [0.05, 0.1) is 12.2 Å². The van der Waals surface area contributed by atoms with Crippen LogP contribution in [-0.2, 0) is 23.5 Å². The molecule has 0 radical (unpaired) electrons. The van der Waals surface area contributed by atoms with E-state index < -0.39 is 22.0 Å². The predicted molar refractivity (Wildman–Crippen MR) is 108 cm³/mol. The summed E-state index contributed by atoms with van der Waals surface area (Å²) in [5, 5.41) is 10.6. The average molecular weight is 430 g/mol. The highest BCUT2D eigenvalue weighted by atomic mass is 32.2. The molecule has 1 aliphatic rings. The minimum Gasteiger partial charge on any atom is -0.361 e. The van der Waals surface area contributed by atoms with Gasteiger partial charge in [-0.2, -0.15) is 5.10 Å². The molecule has 1 amide bonds. The highest BCUT2D eigenvalue weighted by molar-refractivity contribution is 7.89. The molecular weight excluding hydrogens is 406 g/mol. The van der Waals surface area contributed by atoms with E-state index in [0.717, 1.165) is 12.0 Å². The first-order chi connectivity index (χ1) is 14.4. The molecule has 0 bridgehead atoms. The van der Waals surface area contributed by atoms with Gasteiger partial charge in [0.2, 0.25) is 10.0 Å². The van der Waals surface area contributed by atoms with E-state index in [1.165, 1.54) is 29.9 Å². The van der Waals surface area contributed by atoms with Gasteiger partial charge in [-0.1, -0.05) is 35.5 Å². The Hall–Kier alpha value is -2.98. The van der Waals surface area contributed by atoms with Crippen LogP contribution in [0.25, 0.3) is 0 Å². The van der Waals surface area contributed by atoms with Gasteiger partial charge in [0.1, 0.15) is 10.7 Å². The first-order valence-electron chi connectivity index (χ1n) is 9.70. The minimum atomic E-state index is -3.76. The van der Waals surface area contributed by atoms with E-state index in [9.17, 15) is 13.2 Å². The van der Waals surface area contributed by atoms with Gasteiger partial charge in [-0.15, -0.1) is 0 Å². The SMILES string of the molecule is Cn1cc(S(=O)(=O)NCC(NC(=O)c2cc(CC3CC3)on2)c2ccccc2)cn1. The number of nitrogens with one attached hydrogen (secondary N) is 2. The summed E-state index contributed by atoms with van der Waals surface area (Å²) in [6, 6.07) is 10.2. The molecule has 2 heterocycles. The van der Waals surface area contributed by atoms with Gasteiger partial charge in [0.25, 0.3) is 5.91 Å². The second kappa shape index (κ2) is 8.41. The van der Waals surface area contributed by atoms with Crippen LogP contribution in [0.3, 0.4) is 0 Å². The fourth-order valence-corrected chi connectivity index (χ4v) is 4.14. The van der Waals surface area contributed by atoms with Gasteiger partial charge in [-0.3, -0.25) is 9.48 Å². The fourth-order valence-electron chi connectivity index (χ4n) is 3.11. The van der Waals surface area contributed by atoms with E-state index in [2.05, 4.69) is 20.3 Å². The van der Waals surface area contributed by atoms with Crippen LogP contribution >= 0.6 is 0 Å². The van der Waals surface area contributed by atoms with E-state index in [-0.39, 0.29) is 17.1 Å². The molecular formula is C20H23N5O4S. The van der Waals surface area contributed by atoms with Crippen molar-refractivity contribution in [1.82, 2.24) is 25.0 Å². The topological polar surface area (TPSA) is 119 Å². The highest BCUT2D eigenvalue weighted by Crippen LogP contribution is 2.32. The molecule has 1 fully saturated rings. The smallest absolute Gasteiger partial charge is 0.274 e. The van der Waals surface area contributed by atoms with Crippen molar-refractivity contribution in [3.8, 4) is 0 Å². The molecule has 2 aromatic heterocycles. The van der Waals surface area contributed by atoms with Crippen molar-refractivity contribution in [3.05, 3.63) is 65.8 Å². The number of sulfonamides is 1. The van der Waals surface area contributed by atoms with Crippen molar-refractivity contribution < 1.29 is 17.7 Å². The van der Waals surface area contributed by atoms with Crippen LogP contribution in [0.4, 0.5) is 0 Å². The van der Waals surface area contributed by atoms with E-state index in [1.54, 1.807) is 13.1 Å². The number of hydrogen-bond acceptors (Lipinski definition) is 6. The van der Waals surface area contributed by atoms with Crippen LogP contribution < -0.4 is 10.0 Å². The van der Waals surface area contributed by atoms with Gasteiger partial charge in [-0.25, -0.2) is 13.1 Å². The molecule has 1 unspecified atom stereocenters. The van der Waals surface area contributed by atoms with E-state index in [1.807, 2.05) is 30.3 Å². The Bertz CT molecular complexity index is 1120. The Morgan fingerprint density at radius 1 is 1.30 bits per heavy atom. The number of rotatable bonds is 9. The third-order valence-electron chi connectivity index (χ3n) is 4.95. The highest BCUT2D eigenvalue weighted by Gasteiger charge is 2.26. The summed E-state index contributed by atoms with van der Waals surface area (Å²) in [5.41, 5.74) is 0.947. The Morgan fingerprint density at radius 2 is 2.07 bits per heavy atom. The quantitative estimate of drug-likeness (QED) is 0.535. The third kappa shape index (κ3) is 4.95. The summed E-state index contributed by atoms with van der Waals surface area (Å²) < 4.78 is 34.3. The largest absolute Gasteiger partial charge is 0.361 e. The fraction of sp³-hybridized carbons (Fsp3) is 0.350. The van der Waals surface area contributed by atoms with Crippen molar-refractivity contribution in [3.63, 3.8) is 0 Å². The maximum atomic E-state index is 12.7. The Kier molecular flexibility index (Phi) is 5.69. The van der Waals surface area contributed by atoms with Crippen molar-refractivity contribution in [2.24, 2.45) is 13.0 Å². The summed E-state index contributed by atoms with van der Waals surface area (Å²) in [4.78, 5) is 12.8. The molecule has 158 valence electrons. The molecule has 0 saturated heterocycles. The second-order valence-corrected chi connectivity index (χ2v) is 9.23. The molecule has 9 nitrogen and oxygen atoms in total. The number of aromatic nitrogens is 3. The van der Waals surface area contributed by atoms with Crippen LogP contribution in [-0.4, -0.2) is 35.8 Å². The summed E-state index contributed by atoms with van der Waals surface area (Å²) in [6.45, 7) is -0.0280. The zero-order valence-corrected chi connectivity index (χ0v) is 17.3. The summed E-state index contributed by atoms with van der Waals surface area (Å²) in [6.07, 6.45) is 5.82. The van der Waals surface area contributed by atoms with Crippen LogP contribution in [0, 0.1) is 5.92 Å². The first-order valence-corrected chi connectivity index (χ1v) is 11.2. The number of benzene rings is 1. The molecule has 1 atom stereocenters. The lowest BCUT2D eigenvalue weighted by Gasteiger charge is -2.19. The zero-order valence-electron chi connectivity index (χ0n) is 16.5. The first kappa shape index (κ1) is 20.3. The lowest BCUT2D eigenvalue weighted by atomic mass is 10.1. The summed E-state index contributed by atoms with van der Waals surface area (Å²) >= 11 is 0. The number of hydrogen-bond donors (Lipinski definition) is 2. The maximum Gasteiger partial charge on any atom is 0.274 e. The van der Waals surface area contributed by atoms with E-state index in [4.69, 9.17) is 4.52 Å². The zero-order chi connectivity index (χ0) is 21.1.